The van der Waals surface area contributed by atoms with E-state index in [1.807, 2.05) is 36.4 Å². The van der Waals surface area contributed by atoms with E-state index in [9.17, 15) is 0 Å². The van der Waals surface area contributed by atoms with Gasteiger partial charge in [0.25, 0.3) is 0 Å². The Bertz CT molecular complexity index is 1610. The van der Waals surface area contributed by atoms with Crippen LogP contribution in [0, 0.1) is 0 Å². The molecule has 8 nitrogen and oxygen atoms in total. The molecule has 0 unspecified atom stereocenters. The number of aromatic nitrogens is 7. The third-order valence-electron chi connectivity index (χ3n) is 5.83. The molecule has 168 valence electrons. The van der Waals surface area contributed by atoms with Crippen LogP contribution in [-0.2, 0) is 6.54 Å². The quantitative estimate of drug-likeness (QED) is 0.402. The summed E-state index contributed by atoms with van der Waals surface area (Å²) in [6.45, 7) is 0.502. The van der Waals surface area contributed by atoms with Crippen LogP contribution in [0.1, 0.15) is 5.56 Å². The SMILES string of the molecule is NCc1ccc(-c2nc3ccnc(-c4nc(-c5c[nH+]ccn5)n[nH]4)c3cc2-c2ccccc2)cc1. The largest absolute Gasteiger partial charge is 0.326 e. The van der Waals surface area contributed by atoms with E-state index in [2.05, 4.69) is 60.5 Å². The smallest absolute Gasteiger partial charge is 0.206 e. The average molecular weight is 458 g/mol. The van der Waals surface area contributed by atoms with Gasteiger partial charge in [0, 0.05) is 29.3 Å². The number of fused-ring (bicyclic) bond motifs is 1. The van der Waals surface area contributed by atoms with Crippen molar-refractivity contribution in [1.82, 2.24) is 30.1 Å². The van der Waals surface area contributed by atoms with Gasteiger partial charge < -0.3 is 5.73 Å². The molecule has 6 rings (SSSR count). The Kier molecular flexibility index (Phi) is 5.25. The van der Waals surface area contributed by atoms with Gasteiger partial charge >= 0.3 is 0 Å². The van der Waals surface area contributed by atoms with Crippen LogP contribution in [0.4, 0.5) is 0 Å². The number of pyridine rings is 2. The minimum absolute atomic E-state index is 0.489. The number of H-pyrrole nitrogens is 2. The molecular formula is C27H21N8+. The van der Waals surface area contributed by atoms with Crippen molar-refractivity contribution in [3.8, 4) is 45.4 Å². The Morgan fingerprint density at radius 1 is 0.829 bits per heavy atom. The molecule has 0 amide bonds. The lowest BCUT2D eigenvalue weighted by atomic mass is 9.96. The van der Waals surface area contributed by atoms with Gasteiger partial charge in [-0.2, -0.15) is 5.10 Å². The van der Waals surface area contributed by atoms with E-state index in [1.54, 1.807) is 24.8 Å². The van der Waals surface area contributed by atoms with E-state index in [0.717, 1.165) is 38.9 Å². The summed E-state index contributed by atoms with van der Waals surface area (Å²) in [5.41, 5.74) is 13.0. The Hall–Kier alpha value is -4.82. The van der Waals surface area contributed by atoms with Gasteiger partial charge in [0.2, 0.25) is 5.82 Å². The molecule has 0 radical (unpaired) electrons. The molecule has 4 heterocycles. The average Bonchev–Trinajstić information content (AvgIpc) is 3.43. The van der Waals surface area contributed by atoms with Crippen LogP contribution in [0.5, 0.6) is 0 Å². The van der Waals surface area contributed by atoms with Crippen LogP contribution in [0.25, 0.3) is 56.3 Å². The monoisotopic (exact) mass is 457 g/mol. The van der Waals surface area contributed by atoms with E-state index in [4.69, 9.17) is 10.7 Å². The molecule has 2 aromatic carbocycles. The molecule has 0 fully saturated rings. The van der Waals surface area contributed by atoms with E-state index >= 15 is 0 Å². The van der Waals surface area contributed by atoms with Crippen LogP contribution in [-0.4, -0.2) is 30.1 Å². The van der Waals surface area contributed by atoms with Crippen molar-refractivity contribution in [2.45, 2.75) is 6.54 Å². The standard InChI is InChI=1S/C27H20N8/c28-15-17-6-8-19(9-7-17)24-20(18-4-2-1-3-5-18)14-21-22(32-24)10-11-31-25(21)27-33-26(34-35-27)23-16-29-12-13-30-23/h1-14,16H,15,28H2,(H,33,34,35)/p+1. The minimum atomic E-state index is 0.489. The summed E-state index contributed by atoms with van der Waals surface area (Å²) < 4.78 is 0. The van der Waals surface area contributed by atoms with Crippen molar-refractivity contribution in [2.24, 2.45) is 5.73 Å². The van der Waals surface area contributed by atoms with Gasteiger partial charge in [-0.1, -0.05) is 54.6 Å². The molecule has 4 aromatic heterocycles. The predicted octanol–water partition coefficient (Wildman–Crippen LogP) is 4.08. The normalized spacial score (nSPS) is 11.1. The van der Waals surface area contributed by atoms with E-state index < -0.39 is 0 Å². The van der Waals surface area contributed by atoms with Crippen LogP contribution in [0.3, 0.4) is 0 Å². The maximum Gasteiger partial charge on any atom is 0.206 e. The number of nitrogens with one attached hydrogen (secondary N) is 2. The predicted molar refractivity (Wildman–Crippen MR) is 133 cm³/mol. The molecule has 0 spiro atoms. The number of hydrogen-bond donors (Lipinski definition) is 2. The first-order chi connectivity index (χ1) is 17.3. The number of hydrogen-bond acceptors (Lipinski definition) is 6. The zero-order valence-corrected chi connectivity index (χ0v) is 18.7. The zero-order valence-electron chi connectivity index (χ0n) is 18.7. The van der Waals surface area contributed by atoms with Crippen molar-refractivity contribution in [1.29, 1.82) is 0 Å². The Labute approximate surface area is 201 Å². The van der Waals surface area contributed by atoms with Crippen molar-refractivity contribution in [3.63, 3.8) is 0 Å². The van der Waals surface area contributed by atoms with Gasteiger partial charge in [-0.15, -0.1) is 0 Å². The number of benzene rings is 2. The van der Waals surface area contributed by atoms with Crippen LogP contribution >= 0.6 is 0 Å². The topological polar surface area (TPSA) is 120 Å². The van der Waals surface area contributed by atoms with Gasteiger partial charge in [-0.3, -0.25) is 10.1 Å². The lowest BCUT2D eigenvalue weighted by molar-refractivity contribution is -0.378. The third kappa shape index (κ3) is 3.92. The summed E-state index contributed by atoms with van der Waals surface area (Å²) in [5.74, 6) is 1.04. The van der Waals surface area contributed by atoms with Gasteiger partial charge in [0.05, 0.1) is 17.4 Å². The maximum absolute atomic E-state index is 5.80. The second-order valence-corrected chi connectivity index (χ2v) is 8.03. The first kappa shape index (κ1) is 20.8. The van der Waals surface area contributed by atoms with Gasteiger partial charge in [0.15, 0.2) is 23.9 Å². The molecule has 35 heavy (non-hydrogen) atoms. The van der Waals surface area contributed by atoms with Crippen molar-refractivity contribution in [2.75, 3.05) is 0 Å². The van der Waals surface area contributed by atoms with Crippen molar-refractivity contribution < 1.29 is 4.98 Å². The molecule has 0 aliphatic carbocycles. The lowest BCUT2D eigenvalue weighted by Crippen LogP contribution is -2.01. The fourth-order valence-electron chi connectivity index (χ4n) is 4.07. The molecule has 0 aliphatic heterocycles. The highest BCUT2D eigenvalue weighted by Gasteiger charge is 2.17. The van der Waals surface area contributed by atoms with Crippen molar-refractivity contribution in [3.05, 3.63) is 97.1 Å². The second kappa shape index (κ2) is 8.85. The molecule has 6 aromatic rings. The van der Waals surface area contributed by atoms with Gasteiger partial charge in [-0.05, 0) is 23.3 Å². The lowest BCUT2D eigenvalue weighted by Gasteiger charge is -2.13. The fourth-order valence-corrected chi connectivity index (χ4v) is 4.07. The molecule has 8 heteroatoms. The second-order valence-electron chi connectivity index (χ2n) is 8.03. The molecule has 0 saturated carbocycles. The van der Waals surface area contributed by atoms with E-state index in [-0.39, 0.29) is 0 Å². The number of rotatable bonds is 5. The minimum Gasteiger partial charge on any atom is -0.326 e. The first-order valence-electron chi connectivity index (χ1n) is 11.2. The van der Waals surface area contributed by atoms with Gasteiger partial charge in [-0.25, -0.2) is 19.9 Å². The summed E-state index contributed by atoms with van der Waals surface area (Å²) in [6, 6.07) is 22.5. The summed E-state index contributed by atoms with van der Waals surface area (Å²) in [7, 11) is 0. The van der Waals surface area contributed by atoms with Gasteiger partial charge in [0.1, 0.15) is 5.69 Å². The third-order valence-corrected chi connectivity index (χ3v) is 5.83. The maximum atomic E-state index is 5.80. The highest BCUT2D eigenvalue weighted by atomic mass is 15.2. The summed E-state index contributed by atoms with van der Waals surface area (Å²) in [5, 5.41) is 8.23. The highest BCUT2D eigenvalue weighted by molar-refractivity contribution is 5.97. The number of nitrogens with zero attached hydrogens (tertiary/aromatic N) is 5. The zero-order chi connectivity index (χ0) is 23.6. The number of aromatic amines is 2. The first-order valence-corrected chi connectivity index (χ1v) is 11.2. The molecule has 0 aliphatic rings. The van der Waals surface area contributed by atoms with E-state index in [1.165, 1.54) is 0 Å². The summed E-state index contributed by atoms with van der Waals surface area (Å²) in [6.07, 6.45) is 6.89. The molecular weight excluding hydrogens is 436 g/mol. The summed E-state index contributed by atoms with van der Waals surface area (Å²) in [4.78, 5) is 21.7. The Balaban J connectivity index is 1.54. The molecule has 0 atom stereocenters. The molecule has 0 bridgehead atoms. The molecule has 4 N–H and O–H groups in total. The number of nitrogens with two attached hydrogens (primary N) is 1. The highest BCUT2D eigenvalue weighted by Crippen LogP contribution is 2.35. The molecule has 0 saturated heterocycles. The van der Waals surface area contributed by atoms with Crippen LogP contribution in [0.15, 0.2) is 91.5 Å². The van der Waals surface area contributed by atoms with E-state index in [0.29, 0.717) is 29.6 Å². The summed E-state index contributed by atoms with van der Waals surface area (Å²) >= 11 is 0. The van der Waals surface area contributed by atoms with Crippen LogP contribution in [0.2, 0.25) is 0 Å². The van der Waals surface area contributed by atoms with Crippen molar-refractivity contribution >= 4 is 10.9 Å². The fraction of sp³-hybridized carbons (Fsp3) is 0.0370. The van der Waals surface area contributed by atoms with Crippen LogP contribution < -0.4 is 10.7 Å². The Morgan fingerprint density at radius 2 is 1.69 bits per heavy atom. The Morgan fingerprint density at radius 3 is 2.46 bits per heavy atom.